The van der Waals surface area contributed by atoms with Gasteiger partial charge in [-0.05, 0) is 25.0 Å². The first-order valence-electron chi connectivity index (χ1n) is 5.61. The molecule has 0 bridgehead atoms. The zero-order valence-electron chi connectivity index (χ0n) is 10.2. The van der Waals surface area contributed by atoms with Crippen LogP contribution in [-0.2, 0) is 4.79 Å². The quantitative estimate of drug-likeness (QED) is 0.771. The lowest BCUT2D eigenvalue weighted by atomic mass is 10.0. The van der Waals surface area contributed by atoms with Gasteiger partial charge in [0.15, 0.2) is 0 Å². The van der Waals surface area contributed by atoms with Crippen molar-refractivity contribution < 1.29 is 4.79 Å². The van der Waals surface area contributed by atoms with Crippen molar-refractivity contribution in [3.63, 3.8) is 0 Å². The SMILES string of the molecule is C#CCC(N)C(=O)N[C@@H](C)c1ccccc1C. The molecule has 0 aliphatic heterocycles. The largest absolute Gasteiger partial charge is 0.348 e. The van der Waals surface area contributed by atoms with Gasteiger partial charge in [-0.2, -0.15) is 0 Å². The standard InChI is InChI=1S/C14H18N2O/c1-4-7-13(15)14(17)16-11(3)12-9-6-5-8-10(12)2/h1,5-6,8-9,11,13H,7,15H2,2-3H3,(H,16,17)/t11-,13?/m0/s1. The second-order valence-electron chi connectivity index (χ2n) is 4.10. The Morgan fingerprint density at radius 3 is 2.76 bits per heavy atom. The molecular formula is C14H18N2O. The Bertz CT molecular complexity index is 434. The van der Waals surface area contributed by atoms with E-state index in [1.165, 1.54) is 0 Å². The van der Waals surface area contributed by atoms with E-state index in [1.54, 1.807) is 0 Å². The summed E-state index contributed by atoms with van der Waals surface area (Å²) < 4.78 is 0. The maximum absolute atomic E-state index is 11.7. The molecule has 17 heavy (non-hydrogen) atoms. The van der Waals surface area contributed by atoms with Crippen LogP contribution in [0.4, 0.5) is 0 Å². The lowest BCUT2D eigenvalue weighted by Crippen LogP contribution is -2.41. The van der Waals surface area contributed by atoms with E-state index < -0.39 is 6.04 Å². The minimum absolute atomic E-state index is 0.0625. The van der Waals surface area contributed by atoms with Crippen LogP contribution in [0.2, 0.25) is 0 Å². The average Bonchev–Trinajstić information content (AvgIpc) is 2.29. The molecule has 3 N–H and O–H groups in total. The fourth-order valence-corrected chi connectivity index (χ4v) is 1.69. The van der Waals surface area contributed by atoms with Gasteiger partial charge in [-0.15, -0.1) is 12.3 Å². The van der Waals surface area contributed by atoms with Crippen molar-refractivity contribution in [2.24, 2.45) is 5.73 Å². The molecule has 1 unspecified atom stereocenters. The number of nitrogens with one attached hydrogen (secondary N) is 1. The smallest absolute Gasteiger partial charge is 0.238 e. The fraction of sp³-hybridized carbons (Fsp3) is 0.357. The van der Waals surface area contributed by atoms with Gasteiger partial charge in [0.25, 0.3) is 0 Å². The number of rotatable bonds is 4. The second kappa shape index (κ2) is 6.07. The molecule has 0 spiro atoms. The van der Waals surface area contributed by atoms with E-state index in [0.717, 1.165) is 11.1 Å². The van der Waals surface area contributed by atoms with Crippen LogP contribution < -0.4 is 11.1 Å². The second-order valence-corrected chi connectivity index (χ2v) is 4.10. The summed E-state index contributed by atoms with van der Waals surface area (Å²) in [5, 5.41) is 2.86. The molecule has 0 aliphatic rings. The number of hydrogen-bond donors (Lipinski definition) is 2. The number of carbonyl (C=O) groups is 1. The van der Waals surface area contributed by atoms with Crippen molar-refractivity contribution in [3.05, 3.63) is 35.4 Å². The van der Waals surface area contributed by atoms with Gasteiger partial charge >= 0.3 is 0 Å². The summed E-state index contributed by atoms with van der Waals surface area (Å²) in [7, 11) is 0. The third kappa shape index (κ3) is 3.61. The van der Waals surface area contributed by atoms with Gasteiger partial charge < -0.3 is 11.1 Å². The van der Waals surface area contributed by atoms with E-state index >= 15 is 0 Å². The van der Waals surface area contributed by atoms with Crippen LogP contribution in [-0.4, -0.2) is 11.9 Å². The molecule has 0 radical (unpaired) electrons. The Morgan fingerprint density at radius 1 is 1.53 bits per heavy atom. The predicted octanol–water partition coefficient (Wildman–Crippen LogP) is 1.52. The topological polar surface area (TPSA) is 55.1 Å². The molecule has 1 amide bonds. The normalized spacial score (nSPS) is 13.5. The summed E-state index contributed by atoms with van der Waals surface area (Å²) in [6.07, 6.45) is 5.38. The Balaban J connectivity index is 2.67. The predicted molar refractivity (Wildman–Crippen MR) is 69.2 cm³/mol. The highest BCUT2D eigenvalue weighted by molar-refractivity contribution is 5.82. The zero-order chi connectivity index (χ0) is 12.8. The Hall–Kier alpha value is -1.79. The number of nitrogens with two attached hydrogens (primary N) is 1. The molecule has 1 rings (SSSR count). The van der Waals surface area contributed by atoms with E-state index in [4.69, 9.17) is 12.2 Å². The number of hydrogen-bond acceptors (Lipinski definition) is 2. The van der Waals surface area contributed by atoms with Crippen molar-refractivity contribution in [1.82, 2.24) is 5.32 Å². The van der Waals surface area contributed by atoms with Gasteiger partial charge in [0.2, 0.25) is 5.91 Å². The van der Waals surface area contributed by atoms with Crippen LogP contribution >= 0.6 is 0 Å². The lowest BCUT2D eigenvalue weighted by molar-refractivity contribution is -0.122. The van der Waals surface area contributed by atoms with Crippen LogP contribution in [0.25, 0.3) is 0 Å². The Labute approximate surface area is 102 Å². The van der Waals surface area contributed by atoms with Crippen molar-refractivity contribution >= 4 is 5.91 Å². The van der Waals surface area contributed by atoms with Gasteiger partial charge in [-0.1, -0.05) is 24.3 Å². The molecule has 0 fully saturated rings. The summed E-state index contributed by atoms with van der Waals surface area (Å²) in [5.74, 6) is 2.18. The average molecular weight is 230 g/mol. The molecular weight excluding hydrogens is 212 g/mol. The molecule has 3 heteroatoms. The number of terminal acetylenes is 1. The molecule has 1 aromatic rings. The Kier molecular flexibility index (Phi) is 4.74. The minimum Gasteiger partial charge on any atom is -0.348 e. The van der Waals surface area contributed by atoms with Crippen LogP contribution in [0.15, 0.2) is 24.3 Å². The highest BCUT2D eigenvalue weighted by Crippen LogP contribution is 2.16. The van der Waals surface area contributed by atoms with E-state index in [0.29, 0.717) is 0 Å². The first-order chi connectivity index (χ1) is 8.06. The summed E-state index contributed by atoms with van der Waals surface area (Å²) in [6.45, 7) is 3.95. The molecule has 3 nitrogen and oxygen atoms in total. The monoisotopic (exact) mass is 230 g/mol. The van der Waals surface area contributed by atoms with E-state index in [1.807, 2.05) is 38.1 Å². The van der Waals surface area contributed by atoms with E-state index in [2.05, 4.69) is 11.2 Å². The summed E-state index contributed by atoms with van der Waals surface area (Å²) >= 11 is 0. The van der Waals surface area contributed by atoms with Crippen molar-refractivity contribution in [3.8, 4) is 12.3 Å². The van der Waals surface area contributed by atoms with Crippen LogP contribution in [0, 0.1) is 19.3 Å². The first kappa shape index (κ1) is 13.3. The Morgan fingerprint density at radius 2 is 2.18 bits per heavy atom. The molecule has 0 aromatic heterocycles. The van der Waals surface area contributed by atoms with Gasteiger partial charge in [-0.25, -0.2) is 0 Å². The van der Waals surface area contributed by atoms with Gasteiger partial charge in [-0.3, -0.25) is 4.79 Å². The van der Waals surface area contributed by atoms with Gasteiger partial charge in [0.05, 0.1) is 12.1 Å². The third-order valence-electron chi connectivity index (χ3n) is 2.69. The molecule has 0 saturated carbocycles. The van der Waals surface area contributed by atoms with Crippen molar-refractivity contribution in [1.29, 1.82) is 0 Å². The number of amides is 1. The molecule has 0 heterocycles. The van der Waals surface area contributed by atoms with Gasteiger partial charge in [0, 0.05) is 6.42 Å². The van der Waals surface area contributed by atoms with Gasteiger partial charge in [0.1, 0.15) is 0 Å². The molecule has 1 aromatic carbocycles. The highest BCUT2D eigenvalue weighted by Gasteiger charge is 2.16. The summed E-state index contributed by atoms with van der Waals surface area (Å²) in [4.78, 5) is 11.7. The fourth-order valence-electron chi connectivity index (χ4n) is 1.69. The maximum atomic E-state index is 11.7. The molecule has 2 atom stereocenters. The number of benzene rings is 1. The number of aryl methyl sites for hydroxylation is 1. The summed E-state index contributed by atoms with van der Waals surface area (Å²) in [6, 6.07) is 7.23. The van der Waals surface area contributed by atoms with Crippen LogP contribution in [0.5, 0.6) is 0 Å². The summed E-state index contributed by atoms with van der Waals surface area (Å²) in [5.41, 5.74) is 7.87. The lowest BCUT2D eigenvalue weighted by Gasteiger charge is -2.18. The molecule has 0 saturated heterocycles. The van der Waals surface area contributed by atoms with Crippen LogP contribution in [0.1, 0.15) is 30.5 Å². The van der Waals surface area contributed by atoms with Crippen LogP contribution in [0.3, 0.4) is 0 Å². The highest BCUT2D eigenvalue weighted by atomic mass is 16.2. The van der Waals surface area contributed by atoms with Crippen molar-refractivity contribution in [2.45, 2.75) is 32.4 Å². The van der Waals surface area contributed by atoms with Crippen molar-refractivity contribution in [2.75, 3.05) is 0 Å². The van der Waals surface area contributed by atoms with E-state index in [9.17, 15) is 4.79 Å². The molecule has 0 aliphatic carbocycles. The zero-order valence-corrected chi connectivity index (χ0v) is 10.2. The minimum atomic E-state index is -0.633. The number of carbonyl (C=O) groups excluding carboxylic acids is 1. The third-order valence-corrected chi connectivity index (χ3v) is 2.69. The van der Waals surface area contributed by atoms with E-state index in [-0.39, 0.29) is 18.4 Å². The maximum Gasteiger partial charge on any atom is 0.238 e. The first-order valence-corrected chi connectivity index (χ1v) is 5.61. The molecule has 90 valence electrons.